The van der Waals surface area contributed by atoms with Gasteiger partial charge in [0.25, 0.3) is 0 Å². The Bertz CT molecular complexity index is 533. The van der Waals surface area contributed by atoms with E-state index >= 15 is 0 Å². The largest absolute Gasteiger partial charge is 0.506 e. The summed E-state index contributed by atoms with van der Waals surface area (Å²) in [6, 6.07) is 5.08. The minimum atomic E-state index is 0.0898. The van der Waals surface area contributed by atoms with Crippen molar-refractivity contribution in [3.63, 3.8) is 0 Å². The predicted octanol–water partition coefficient (Wildman–Crippen LogP) is 1.95. The monoisotopic (exact) mass is 232 g/mol. The molecule has 1 aromatic carbocycles. The second-order valence-electron chi connectivity index (χ2n) is 4.00. The van der Waals surface area contributed by atoms with Gasteiger partial charge in [0.15, 0.2) is 5.82 Å². The Kier molecular flexibility index (Phi) is 2.99. The number of phenols is 1. The van der Waals surface area contributed by atoms with E-state index in [2.05, 4.69) is 17.1 Å². The number of aromatic nitrogens is 3. The van der Waals surface area contributed by atoms with Gasteiger partial charge >= 0.3 is 0 Å². The van der Waals surface area contributed by atoms with Crippen molar-refractivity contribution in [2.24, 2.45) is 0 Å². The first-order chi connectivity index (χ1) is 8.13. The minimum Gasteiger partial charge on any atom is -0.506 e. The number of phenolic OH excluding ortho intramolecular Hbond substituents is 1. The maximum atomic E-state index is 9.40. The van der Waals surface area contributed by atoms with Crippen molar-refractivity contribution in [2.45, 2.75) is 26.8 Å². The van der Waals surface area contributed by atoms with E-state index in [-0.39, 0.29) is 5.75 Å². The number of rotatable bonds is 3. The number of aryl methyl sites for hydroxylation is 1. The Labute approximate surface area is 99.9 Å². The van der Waals surface area contributed by atoms with Gasteiger partial charge in [0.05, 0.1) is 5.69 Å². The molecule has 0 spiro atoms. The van der Waals surface area contributed by atoms with Gasteiger partial charge in [0.2, 0.25) is 0 Å². The van der Waals surface area contributed by atoms with E-state index in [1.165, 1.54) is 0 Å². The summed E-state index contributed by atoms with van der Waals surface area (Å²) in [5.74, 6) is 1.76. The van der Waals surface area contributed by atoms with Crippen LogP contribution >= 0.6 is 0 Å². The molecule has 0 bridgehead atoms. The van der Waals surface area contributed by atoms with Crippen molar-refractivity contribution in [1.82, 2.24) is 14.8 Å². The molecule has 0 radical (unpaired) electrons. The summed E-state index contributed by atoms with van der Waals surface area (Å²) in [7, 11) is 0. The van der Waals surface area contributed by atoms with Crippen LogP contribution < -0.4 is 5.73 Å². The lowest BCUT2D eigenvalue weighted by Gasteiger charge is -2.08. The van der Waals surface area contributed by atoms with Crippen molar-refractivity contribution < 1.29 is 5.11 Å². The molecule has 0 aliphatic rings. The van der Waals surface area contributed by atoms with Crippen LogP contribution in [0.15, 0.2) is 18.2 Å². The normalized spacial score (nSPS) is 10.7. The number of nitrogen functional groups attached to an aromatic ring is 1. The van der Waals surface area contributed by atoms with E-state index in [1.807, 2.05) is 11.5 Å². The summed E-state index contributed by atoms with van der Waals surface area (Å²) < 4.78 is 2.05. The number of hydrogen-bond acceptors (Lipinski definition) is 4. The molecule has 3 N–H and O–H groups in total. The van der Waals surface area contributed by atoms with Crippen molar-refractivity contribution in [3.05, 3.63) is 24.0 Å². The molecule has 0 aliphatic carbocycles. The number of aromatic hydroxyl groups is 1. The Hall–Kier alpha value is -2.04. The summed E-state index contributed by atoms with van der Waals surface area (Å²) >= 11 is 0. The molecule has 5 nitrogen and oxygen atoms in total. The van der Waals surface area contributed by atoms with Crippen LogP contribution in [0.1, 0.15) is 19.2 Å². The van der Waals surface area contributed by atoms with Crippen molar-refractivity contribution in [1.29, 1.82) is 0 Å². The molecular weight excluding hydrogens is 216 g/mol. The zero-order valence-electron chi connectivity index (χ0n) is 10.0. The van der Waals surface area contributed by atoms with Crippen molar-refractivity contribution in [3.8, 4) is 17.1 Å². The molecule has 0 amide bonds. The van der Waals surface area contributed by atoms with E-state index in [0.29, 0.717) is 5.69 Å². The second kappa shape index (κ2) is 4.45. The van der Waals surface area contributed by atoms with E-state index in [1.54, 1.807) is 18.2 Å². The molecule has 0 unspecified atom stereocenters. The van der Waals surface area contributed by atoms with Crippen LogP contribution in [0.4, 0.5) is 5.69 Å². The van der Waals surface area contributed by atoms with Crippen LogP contribution in [-0.2, 0) is 6.54 Å². The van der Waals surface area contributed by atoms with Gasteiger partial charge < -0.3 is 15.4 Å². The smallest absolute Gasteiger partial charge is 0.164 e. The summed E-state index contributed by atoms with van der Waals surface area (Å²) in [4.78, 5) is 0. The van der Waals surface area contributed by atoms with Crippen molar-refractivity contribution >= 4 is 5.69 Å². The maximum Gasteiger partial charge on any atom is 0.164 e. The van der Waals surface area contributed by atoms with Crippen LogP contribution in [-0.4, -0.2) is 19.9 Å². The first-order valence-corrected chi connectivity index (χ1v) is 5.62. The summed E-state index contributed by atoms with van der Waals surface area (Å²) in [6.45, 7) is 4.90. The van der Waals surface area contributed by atoms with Gasteiger partial charge in [0, 0.05) is 12.1 Å². The molecule has 0 saturated carbocycles. The highest BCUT2D eigenvalue weighted by molar-refractivity contribution is 5.66. The lowest BCUT2D eigenvalue weighted by molar-refractivity contribution is 0.478. The van der Waals surface area contributed by atoms with Gasteiger partial charge in [-0.1, -0.05) is 6.92 Å². The summed E-state index contributed by atoms with van der Waals surface area (Å²) in [6.07, 6.45) is 1.01. The highest BCUT2D eigenvalue weighted by atomic mass is 16.3. The predicted molar refractivity (Wildman–Crippen MR) is 66.6 cm³/mol. The highest BCUT2D eigenvalue weighted by Gasteiger charge is 2.11. The Morgan fingerprint density at radius 1 is 1.35 bits per heavy atom. The van der Waals surface area contributed by atoms with Gasteiger partial charge in [-0.05, 0) is 31.5 Å². The molecular formula is C12H16N4O. The standard InChI is InChI=1S/C12H16N4O/c1-3-6-16-8(2)14-15-12(16)9-4-5-11(17)10(13)7-9/h4-5,7,17H,3,6,13H2,1-2H3. The van der Waals surface area contributed by atoms with E-state index in [9.17, 15) is 5.11 Å². The average molecular weight is 232 g/mol. The zero-order valence-corrected chi connectivity index (χ0v) is 10.0. The SMILES string of the molecule is CCCn1c(C)nnc1-c1ccc(O)c(N)c1. The minimum absolute atomic E-state index is 0.0898. The summed E-state index contributed by atoms with van der Waals surface area (Å²) in [5.41, 5.74) is 6.90. The Morgan fingerprint density at radius 3 is 2.76 bits per heavy atom. The Balaban J connectivity index is 2.48. The van der Waals surface area contributed by atoms with Crippen LogP contribution in [0.25, 0.3) is 11.4 Å². The van der Waals surface area contributed by atoms with Crippen LogP contribution in [0, 0.1) is 6.92 Å². The third kappa shape index (κ3) is 2.08. The van der Waals surface area contributed by atoms with Gasteiger partial charge in [-0.3, -0.25) is 0 Å². The maximum absolute atomic E-state index is 9.40. The molecule has 0 fully saturated rings. The van der Waals surface area contributed by atoms with Crippen LogP contribution in [0.2, 0.25) is 0 Å². The first-order valence-electron chi connectivity index (χ1n) is 5.62. The average Bonchev–Trinajstić information content (AvgIpc) is 2.66. The number of anilines is 1. The molecule has 5 heteroatoms. The third-order valence-electron chi connectivity index (χ3n) is 2.67. The van der Waals surface area contributed by atoms with Crippen LogP contribution in [0.3, 0.4) is 0 Å². The number of hydrogen-bond donors (Lipinski definition) is 2. The van der Waals surface area contributed by atoms with E-state index in [4.69, 9.17) is 5.73 Å². The molecule has 1 aromatic heterocycles. The van der Waals surface area contributed by atoms with Gasteiger partial charge in [-0.25, -0.2) is 0 Å². The first kappa shape index (κ1) is 11.4. The number of benzene rings is 1. The zero-order chi connectivity index (χ0) is 12.4. The molecule has 1 heterocycles. The molecule has 2 aromatic rings. The second-order valence-corrected chi connectivity index (χ2v) is 4.00. The fourth-order valence-electron chi connectivity index (χ4n) is 1.78. The van der Waals surface area contributed by atoms with Gasteiger partial charge in [-0.15, -0.1) is 10.2 Å². The van der Waals surface area contributed by atoms with E-state index < -0.39 is 0 Å². The molecule has 0 atom stereocenters. The van der Waals surface area contributed by atoms with Crippen molar-refractivity contribution in [2.75, 3.05) is 5.73 Å². The number of nitrogens with zero attached hydrogens (tertiary/aromatic N) is 3. The lowest BCUT2D eigenvalue weighted by atomic mass is 10.1. The molecule has 0 aliphatic heterocycles. The lowest BCUT2D eigenvalue weighted by Crippen LogP contribution is -2.02. The highest BCUT2D eigenvalue weighted by Crippen LogP contribution is 2.26. The Morgan fingerprint density at radius 2 is 2.12 bits per heavy atom. The van der Waals surface area contributed by atoms with Gasteiger partial charge in [-0.2, -0.15) is 0 Å². The fraction of sp³-hybridized carbons (Fsp3) is 0.333. The molecule has 0 saturated heterocycles. The van der Waals surface area contributed by atoms with Crippen LogP contribution in [0.5, 0.6) is 5.75 Å². The van der Waals surface area contributed by atoms with E-state index in [0.717, 1.165) is 30.2 Å². The number of nitrogens with two attached hydrogens (primary N) is 1. The topological polar surface area (TPSA) is 77.0 Å². The molecule has 90 valence electrons. The summed E-state index contributed by atoms with van der Waals surface area (Å²) in [5, 5.41) is 17.6. The van der Waals surface area contributed by atoms with Gasteiger partial charge in [0.1, 0.15) is 11.6 Å². The molecule has 2 rings (SSSR count). The third-order valence-corrected chi connectivity index (χ3v) is 2.67. The fourth-order valence-corrected chi connectivity index (χ4v) is 1.78. The quantitative estimate of drug-likeness (QED) is 0.626. The molecule has 17 heavy (non-hydrogen) atoms.